The molecule has 2 heterocycles. The van der Waals surface area contributed by atoms with Crippen molar-refractivity contribution in [1.82, 2.24) is 30.3 Å². The van der Waals surface area contributed by atoms with Crippen molar-refractivity contribution in [2.45, 2.75) is 129 Å². The Bertz CT molecular complexity index is 1860. The molecule has 1 saturated heterocycles. The normalized spacial score (nSPS) is 18.1. The Labute approximate surface area is 380 Å². The van der Waals surface area contributed by atoms with Gasteiger partial charge in [0.2, 0.25) is 23.6 Å². The number of aromatic hydroxyl groups is 1. The number of likely N-dealkylation sites (tertiary alicyclic amines) is 1. The van der Waals surface area contributed by atoms with E-state index < -0.39 is 36.3 Å². The number of likely N-dealkylation sites (N-methyl/N-ethyl adjacent to an activating group) is 2. The maximum atomic E-state index is 14.6. The summed E-state index contributed by atoms with van der Waals surface area (Å²) >= 11 is 1.50. The number of phenolic OH excluding ortho intramolecular Hbond substituents is 1. The van der Waals surface area contributed by atoms with E-state index in [9.17, 15) is 24.3 Å². The summed E-state index contributed by atoms with van der Waals surface area (Å²) in [6, 6.07) is 14.7. The number of amides is 4. The van der Waals surface area contributed by atoms with Crippen LogP contribution in [-0.2, 0) is 41.5 Å². The van der Waals surface area contributed by atoms with Crippen molar-refractivity contribution in [3.05, 3.63) is 82.3 Å². The average Bonchev–Trinajstić information content (AvgIpc) is 3.99. The van der Waals surface area contributed by atoms with Crippen LogP contribution in [0.5, 0.6) is 5.75 Å². The first-order chi connectivity index (χ1) is 30.0. The van der Waals surface area contributed by atoms with Gasteiger partial charge in [0.05, 0.1) is 48.7 Å². The lowest BCUT2D eigenvalue weighted by molar-refractivity contribution is -0.148. The van der Waals surface area contributed by atoms with E-state index in [0.29, 0.717) is 32.4 Å². The van der Waals surface area contributed by atoms with E-state index in [1.807, 2.05) is 99.3 Å². The van der Waals surface area contributed by atoms with Crippen molar-refractivity contribution >= 4 is 35.0 Å². The first-order valence-corrected chi connectivity index (χ1v) is 23.5. The van der Waals surface area contributed by atoms with Gasteiger partial charge in [0.15, 0.2) is 0 Å². The third-order valence-corrected chi connectivity index (χ3v) is 13.8. The topological polar surface area (TPSA) is 154 Å². The maximum Gasteiger partial charge on any atom is 0.245 e. The molecular weight excluding hydrogens is 817 g/mol. The van der Waals surface area contributed by atoms with Gasteiger partial charge in [-0.15, -0.1) is 11.3 Å². The molecule has 0 aliphatic carbocycles. The van der Waals surface area contributed by atoms with Crippen LogP contribution in [0.15, 0.2) is 66.2 Å². The predicted molar refractivity (Wildman–Crippen MR) is 249 cm³/mol. The Morgan fingerprint density at radius 3 is 2.16 bits per heavy atom. The fourth-order valence-corrected chi connectivity index (χ4v) is 9.85. The number of aromatic nitrogens is 1. The van der Waals surface area contributed by atoms with Gasteiger partial charge < -0.3 is 35.0 Å². The Balaban J connectivity index is 1.47. The number of hydrogen-bond acceptors (Lipinski definition) is 10. The summed E-state index contributed by atoms with van der Waals surface area (Å²) in [6.45, 7) is 14.9. The number of nitrogens with zero attached hydrogens (tertiary/aromatic N) is 4. The van der Waals surface area contributed by atoms with Crippen LogP contribution in [0.4, 0.5) is 0 Å². The second-order valence-electron chi connectivity index (χ2n) is 18.0. The van der Waals surface area contributed by atoms with Gasteiger partial charge in [-0.25, -0.2) is 4.98 Å². The molecule has 4 rings (SSSR count). The number of carbonyl (C=O) groups excluding carboxylic acids is 4. The highest BCUT2D eigenvalue weighted by Gasteiger charge is 2.43. The molecule has 9 atom stereocenters. The highest BCUT2D eigenvalue weighted by atomic mass is 32.1. The lowest BCUT2D eigenvalue weighted by Crippen LogP contribution is -2.60. The minimum absolute atomic E-state index is 0.0276. The molecule has 0 unspecified atom stereocenters. The molecule has 63 heavy (non-hydrogen) atoms. The summed E-state index contributed by atoms with van der Waals surface area (Å²) in [6.07, 6.45) is 4.04. The summed E-state index contributed by atoms with van der Waals surface area (Å²) in [4.78, 5) is 67.1. The van der Waals surface area contributed by atoms with Crippen LogP contribution in [0.1, 0.15) is 96.3 Å². The van der Waals surface area contributed by atoms with Gasteiger partial charge in [-0.05, 0) is 73.7 Å². The van der Waals surface area contributed by atoms with Crippen LogP contribution in [0, 0.1) is 23.7 Å². The van der Waals surface area contributed by atoms with E-state index in [1.165, 1.54) is 11.3 Å². The van der Waals surface area contributed by atoms with E-state index in [0.717, 1.165) is 29.0 Å². The fourth-order valence-electron chi connectivity index (χ4n) is 9.16. The van der Waals surface area contributed by atoms with Crippen LogP contribution >= 0.6 is 11.3 Å². The molecule has 4 amide bonds. The minimum Gasteiger partial charge on any atom is -0.508 e. The van der Waals surface area contributed by atoms with Crippen LogP contribution in [0.25, 0.3) is 0 Å². The highest BCUT2D eigenvalue weighted by Crippen LogP contribution is 2.31. The van der Waals surface area contributed by atoms with E-state index in [-0.39, 0.29) is 65.6 Å². The smallest absolute Gasteiger partial charge is 0.245 e. The van der Waals surface area contributed by atoms with E-state index in [4.69, 9.17) is 9.47 Å². The maximum absolute atomic E-state index is 14.6. The largest absolute Gasteiger partial charge is 0.508 e. The number of ether oxygens (including phenoxy) is 2. The molecule has 0 radical (unpaired) electrons. The molecule has 0 bridgehead atoms. The van der Waals surface area contributed by atoms with Gasteiger partial charge in [-0.1, -0.05) is 97.4 Å². The molecule has 0 saturated carbocycles. The number of thiazole rings is 1. The minimum atomic E-state index is -0.810. The van der Waals surface area contributed by atoms with Crippen LogP contribution in [-0.4, -0.2) is 126 Å². The van der Waals surface area contributed by atoms with Crippen molar-refractivity contribution < 1.29 is 33.8 Å². The Morgan fingerprint density at radius 2 is 1.59 bits per heavy atom. The van der Waals surface area contributed by atoms with Gasteiger partial charge >= 0.3 is 0 Å². The zero-order valence-corrected chi connectivity index (χ0v) is 40.3. The van der Waals surface area contributed by atoms with Gasteiger partial charge in [-0.3, -0.25) is 24.1 Å². The molecule has 13 nitrogen and oxygen atoms in total. The molecule has 3 aromatic rings. The molecule has 14 heteroatoms. The van der Waals surface area contributed by atoms with Gasteiger partial charge in [-0.2, -0.15) is 0 Å². The summed E-state index contributed by atoms with van der Waals surface area (Å²) in [7, 11) is 6.84. The Hall–Kier alpha value is -4.37. The van der Waals surface area contributed by atoms with Crippen molar-refractivity contribution in [2.24, 2.45) is 23.7 Å². The van der Waals surface area contributed by atoms with Crippen molar-refractivity contribution in [1.29, 1.82) is 0 Å². The Kier molecular flexibility index (Phi) is 20.0. The highest BCUT2D eigenvalue weighted by molar-refractivity contribution is 7.09. The average molecular weight is 891 g/mol. The summed E-state index contributed by atoms with van der Waals surface area (Å²) in [5.41, 5.74) is 2.14. The number of phenols is 1. The van der Waals surface area contributed by atoms with Crippen molar-refractivity contribution in [3.63, 3.8) is 0 Å². The van der Waals surface area contributed by atoms with Crippen molar-refractivity contribution in [3.8, 4) is 5.75 Å². The predicted octanol–water partition coefficient (Wildman–Crippen LogP) is 6.51. The first-order valence-electron chi connectivity index (χ1n) is 22.7. The lowest BCUT2D eigenvalue weighted by Gasteiger charge is -2.41. The molecule has 1 aromatic heterocycles. The molecular formula is C49H74N6O7S. The number of hydrogen-bond donors (Lipinski definition) is 3. The summed E-state index contributed by atoms with van der Waals surface area (Å²) in [5, 5.41) is 18.8. The molecule has 1 aliphatic heterocycles. The number of rotatable bonds is 24. The number of nitrogens with one attached hydrogen (secondary N) is 2. The van der Waals surface area contributed by atoms with Crippen LogP contribution in [0.3, 0.4) is 0 Å². The molecule has 0 spiro atoms. The molecule has 2 aromatic carbocycles. The van der Waals surface area contributed by atoms with Crippen LogP contribution < -0.4 is 10.6 Å². The third-order valence-electron chi connectivity index (χ3n) is 12.9. The standard InChI is InChI=1S/C49H74N6O7S/c1-12-33(6)44(54(9)49(60)42(31(2)3)52-47(59)43(32(4)5)53(8)27-24-35-20-22-37(56)23-21-35)40(61-10)30-41(57)55-26-16-19-39(55)45(62-11)34(7)46(58)51-38(48-50-25-28-63-48)29-36-17-14-13-15-18-36/h13-15,17-18,20-23,25,28,31-34,38-40,42-45,56H,12,16,19,24,26-27,29-30H2,1-11H3,(H,51,58)(H,52,59)/t33-,34+,38-,39-,40-,42-,43-,44-,45+/m0/s1. The summed E-state index contributed by atoms with van der Waals surface area (Å²) in [5.74, 6) is -1.41. The quantitative estimate of drug-likeness (QED) is 0.0915. The number of benzene rings is 2. The first kappa shape index (κ1) is 51.3. The Morgan fingerprint density at radius 1 is 0.905 bits per heavy atom. The van der Waals surface area contributed by atoms with E-state index in [1.54, 1.807) is 44.5 Å². The SMILES string of the molecule is CC[C@H](C)[C@@H]([C@H](CC(=O)N1CCC[C@H]1[C@H](OC)[C@@H](C)C(=O)N[C@@H](Cc1ccccc1)c1nccs1)OC)N(C)C(=O)[C@@H](NC(=O)[C@H](C(C)C)N(C)CCc1ccc(O)cc1)C(C)C. The monoisotopic (exact) mass is 891 g/mol. The van der Waals surface area contributed by atoms with Gasteiger partial charge in [0, 0.05) is 45.9 Å². The van der Waals surface area contributed by atoms with Crippen LogP contribution in [0.2, 0.25) is 0 Å². The zero-order chi connectivity index (χ0) is 46.4. The summed E-state index contributed by atoms with van der Waals surface area (Å²) < 4.78 is 12.2. The molecule has 348 valence electrons. The second-order valence-corrected chi connectivity index (χ2v) is 19.0. The lowest BCUT2D eigenvalue weighted by atomic mass is 9.89. The van der Waals surface area contributed by atoms with E-state index >= 15 is 0 Å². The van der Waals surface area contributed by atoms with E-state index in [2.05, 4.69) is 29.5 Å². The molecule has 1 fully saturated rings. The second kappa shape index (κ2) is 24.6. The number of methoxy groups -OCH3 is 2. The van der Waals surface area contributed by atoms with Crippen molar-refractivity contribution in [2.75, 3.05) is 41.4 Å². The number of carbonyl (C=O) groups is 4. The fraction of sp³-hybridized carbons (Fsp3) is 0.612. The molecule has 3 N–H and O–H groups in total. The van der Waals surface area contributed by atoms with Gasteiger partial charge in [0.25, 0.3) is 0 Å². The molecule has 1 aliphatic rings. The third kappa shape index (κ3) is 13.8. The zero-order valence-electron chi connectivity index (χ0n) is 39.5. The van der Waals surface area contributed by atoms with Gasteiger partial charge in [0.1, 0.15) is 16.8 Å².